The minimum Gasteiger partial charge on any atom is -0.380 e. The summed E-state index contributed by atoms with van der Waals surface area (Å²) in [6, 6.07) is 8.33. The standard InChI is InChI=1S/C12H9Cl2FN2/c13-10-3-1-8(5-11(10)14)6-16-9-2-4-12(15)17-7-9/h1-5,7,16H,6H2. The monoisotopic (exact) mass is 270 g/mol. The summed E-state index contributed by atoms with van der Waals surface area (Å²) in [7, 11) is 0. The molecule has 0 radical (unpaired) electrons. The molecule has 5 heteroatoms. The van der Waals surface area contributed by atoms with Crippen LogP contribution < -0.4 is 5.32 Å². The van der Waals surface area contributed by atoms with E-state index in [-0.39, 0.29) is 0 Å². The first-order valence-electron chi connectivity index (χ1n) is 4.94. The van der Waals surface area contributed by atoms with Crippen molar-refractivity contribution in [1.29, 1.82) is 0 Å². The maximum absolute atomic E-state index is 12.6. The van der Waals surface area contributed by atoms with Crippen molar-refractivity contribution < 1.29 is 4.39 Å². The highest BCUT2D eigenvalue weighted by Gasteiger charge is 2.00. The quantitative estimate of drug-likeness (QED) is 0.848. The van der Waals surface area contributed by atoms with Gasteiger partial charge < -0.3 is 5.32 Å². The van der Waals surface area contributed by atoms with Crippen LogP contribution in [0.25, 0.3) is 0 Å². The predicted octanol–water partition coefficient (Wildman–Crippen LogP) is 4.14. The normalized spacial score (nSPS) is 10.3. The number of anilines is 1. The number of nitrogens with one attached hydrogen (secondary N) is 1. The second-order valence-corrected chi connectivity index (χ2v) is 4.29. The maximum atomic E-state index is 12.6. The number of rotatable bonds is 3. The number of hydrogen-bond acceptors (Lipinski definition) is 2. The molecular weight excluding hydrogens is 262 g/mol. The molecule has 0 bridgehead atoms. The van der Waals surface area contributed by atoms with E-state index in [2.05, 4.69) is 10.3 Å². The molecule has 0 atom stereocenters. The third-order valence-electron chi connectivity index (χ3n) is 2.21. The molecule has 2 rings (SSSR count). The zero-order valence-electron chi connectivity index (χ0n) is 8.75. The molecule has 0 fully saturated rings. The van der Waals surface area contributed by atoms with Crippen LogP contribution in [0.1, 0.15) is 5.56 Å². The second-order valence-electron chi connectivity index (χ2n) is 3.47. The van der Waals surface area contributed by atoms with E-state index in [0.29, 0.717) is 16.6 Å². The Labute approximate surface area is 108 Å². The first-order chi connectivity index (χ1) is 8.15. The summed E-state index contributed by atoms with van der Waals surface area (Å²) in [6.07, 6.45) is 1.44. The van der Waals surface area contributed by atoms with E-state index < -0.39 is 5.95 Å². The topological polar surface area (TPSA) is 24.9 Å². The van der Waals surface area contributed by atoms with E-state index >= 15 is 0 Å². The molecule has 1 aromatic heterocycles. The Balaban J connectivity index is 2.02. The smallest absolute Gasteiger partial charge is 0.212 e. The Hall–Kier alpha value is -1.32. The summed E-state index contributed by atoms with van der Waals surface area (Å²) in [5.41, 5.74) is 1.74. The molecule has 88 valence electrons. The maximum Gasteiger partial charge on any atom is 0.212 e. The first kappa shape index (κ1) is 12.1. The molecule has 0 spiro atoms. The van der Waals surface area contributed by atoms with Crippen molar-refractivity contribution in [3.8, 4) is 0 Å². The number of pyridine rings is 1. The number of halogens is 3. The molecule has 0 amide bonds. The van der Waals surface area contributed by atoms with E-state index in [1.165, 1.54) is 12.3 Å². The molecule has 0 aliphatic rings. The van der Waals surface area contributed by atoms with Gasteiger partial charge in [0, 0.05) is 6.54 Å². The van der Waals surface area contributed by atoms with Crippen molar-refractivity contribution in [2.24, 2.45) is 0 Å². The molecule has 1 N–H and O–H groups in total. The average molecular weight is 271 g/mol. The first-order valence-corrected chi connectivity index (χ1v) is 5.70. The van der Waals surface area contributed by atoms with Crippen molar-refractivity contribution >= 4 is 28.9 Å². The largest absolute Gasteiger partial charge is 0.380 e. The van der Waals surface area contributed by atoms with Crippen LogP contribution in [0.3, 0.4) is 0 Å². The van der Waals surface area contributed by atoms with Crippen LogP contribution in [-0.2, 0) is 6.54 Å². The van der Waals surface area contributed by atoms with Gasteiger partial charge in [0.1, 0.15) is 0 Å². The molecule has 0 aliphatic heterocycles. The highest BCUT2D eigenvalue weighted by atomic mass is 35.5. The summed E-state index contributed by atoms with van der Waals surface area (Å²) in [5, 5.41) is 4.15. The molecule has 2 aromatic rings. The van der Waals surface area contributed by atoms with E-state index in [4.69, 9.17) is 23.2 Å². The summed E-state index contributed by atoms with van der Waals surface area (Å²) in [6.45, 7) is 0.574. The Morgan fingerprint density at radius 2 is 1.94 bits per heavy atom. The summed E-state index contributed by atoms with van der Waals surface area (Å²) in [4.78, 5) is 3.55. The van der Waals surface area contributed by atoms with Gasteiger partial charge in [-0.3, -0.25) is 0 Å². The van der Waals surface area contributed by atoms with Gasteiger partial charge in [-0.2, -0.15) is 4.39 Å². The summed E-state index contributed by atoms with van der Waals surface area (Å²) < 4.78 is 12.6. The highest BCUT2D eigenvalue weighted by Crippen LogP contribution is 2.22. The van der Waals surface area contributed by atoms with Gasteiger partial charge in [-0.15, -0.1) is 0 Å². The predicted molar refractivity (Wildman–Crippen MR) is 68.0 cm³/mol. The lowest BCUT2D eigenvalue weighted by molar-refractivity contribution is 0.584. The molecule has 0 unspecified atom stereocenters. The fraction of sp³-hybridized carbons (Fsp3) is 0.0833. The number of aromatic nitrogens is 1. The van der Waals surface area contributed by atoms with Crippen LogP contribution in [-0.4, -0.2) is 4.98 Å². The fourth-order valence-electron chi connectivity index (χ4n) is 1.33. The van der Waals surface area contributed by atoms with E-state index in [1.54, 1.807) is 18.2 Å². The number of hydrogen-bond donors (Lipinski definition) is 1. The molecule has 1 aromatic carbocycles. The van der Waals surface area contributed by atoms with Gasteiger partial charge >= 0.3 is 0 Å². The van der Waals surface area contributed by atoms with Crippen molar-refractivity contribution in [1.82, 2.24) is 4.98 Å². The second kappa shape index (κ2) is 5.34. The van der Waals surface area contributed by atoms with Crippen LogP contribution in [0.15, 0.2) is 36.5 Å². The summed E-state index contributed by atoms with van der Waals surface area (Å²) in [5.74, 6) is -0.495. The lowest BCUT2D eigenvalue weighted by Gasteiger charge is -2.06. The van der Waals surface area contributed by atoms with Gasteiger partial charge in [-0.1, -0.05) is 29.3 Å². The third-order valence-corrected chi connectivity index (χ3v) is 2.95. The van der Waals surface area contributed by atoms with Gasteiger partial charge in [0.05, 0.1) is 21.9 Å². The zero-order valence-corrected chi connectivity index (χ0v) is 10.3. The van der Waals surface area contributed by atoms with Crippen molar-refractivity contribution in [2.45, 2.75) is 6.54 Å². The fourth-order valence-corrected chi connectivity index (χ4v) is 1.65. The molecule has 0 saturated carbocycles. The Bertz CT molecular complexity index is 514. The van der Waals surface area contributed by atoms with Gasteiger partial charge in [0.2, 0.25) is 5.95 Å². The van der Waals surface area contributed by atoms with Crippen molar-refractivity contribution in [3.05, 3.63) is 58.1 Å². The van der Waals surface area contributed by atoms with Gasteiger partial charge in [-0.05, 0) is 29.8 Å². The minimum atomic E-state index is -0.495. The number of benzene rings is 1. The number of nitrogens with zero attached hydrogens (tertiary/aromatic N) is 1. The van der Waals surface area contributed by atoms with Crippen molar-refractivity contribution in [2.75, 3.05) is 5.32 Å². The van der Waals surface area contributed by atoms with Crippen LogP contribution in [0.5, 0.6) is 0 Å². The van der Waals surface area contributed by atoms with Gasteiger partial charge in [0.15, 0.2) is 0 Å². The molecule has 0 aliphatic carbocycles. The van der Waals surface area contributed by atoms with E-state index in [1.807, 2.05) is 6.07 Å². The van der Waals surface area contributed by atoms with Gasteiger partial charge in [-0.25, -0.2) is 4.98 Å². The Morgan fingerprint density at radius 1 is 1.12 bits per heavy atom. The minimum absolute atomic E-state index is 0.495. The highest BCUT2D eigenvalue weighted by molar-refractivity contribution is 6.42. The molecule has 0 saturated heterocycles. The Kier molecular flexibility index (Phi) is 3.82. The lowest BCUT2D eigenvalue weighted by atomic mass is 10.2. The Morgan fingerprint density at radius 3 is 2.59 bits per heavy atom. The van der Waals surface area contributed by atoms with Gasteiger partial charge in [0.25, 0.3) is 0 Å². The van der Waals surface area contributed by atoms with Crippen LogP contribution >= 0.6 is 23.2 Å². The van der Waals surface area contributed by atoms with Crippen LogP contribution in [0.4, 0.5) is 10.1 Å². The summed E-state index contributed by atoms with van der Waals surface area (Å²) >= 11 is 11.7. The molecule has 1 heterocycles. The zero-order chi connectivity index (χ0) is 12.3. The van der Waals surface area contributed by atoms with Crippen molar-refractivity contribution in [3.63, 3.8) is 0 Å². The lowest BCUT2D eigenvalue weighted by Crippen LogP contribution is -2.00. The van der Waals surface area contributed by atoms with Crippen LogP contribution in [0.2, 0.25) is 10.0 Å². The van der Waals surface area contributed by atoms with E-state index in [0.717, 1.165) is 11.3 Å². The van der Waals surface area contributed by atoms with Crippen LogP contribution in [0, 0.1) is 5.95 Å². The average Bonchev–Trinajstić information content (AvgIpc) is 2.33. The molecule has 17 heavy (non-hydrogen) atoms. The third kappa shape index (κ3) is 3.32. The molecular formula is C12H9Cl2FN2. The SMILES string of the molecule is Fc1ccc(NCc2ccc(Cl)c(Cl)c2)cn1. The molecule has 2 nitrogen and oxygen atoms in total. The van der Waals surface area contributed by atoms with E-state index in [9.17, 15) is 4.39 Å².